The van der Waals surface area contributed by atoms with Gasteiger partial charge in [0.2, 0.25) is 0 Å². The minimum absolute atomic E-state index is 0.155. The van der Waals surface area contributed by atoms with Crippen molar-refractivity contribution in [2.45, 2.75) is 4.90 Å². The first-order valence-corrected chi connectivity index (χ1v) is 5.59. The largest absolute Gasteiger partial charge is 0.354 e. The van der Waals surface area contributed by atoms with Gasteiger partial charge in [0.15, 0.2) is 0 Å². The van der Waals surface area contributed by atoms with Crippen LogP contribution in [0.1, 0.15) is 10.5 Å². The number of amides is 1. The molecule has 1 aromatic heterocycles. The molecule has 0 atom stereocenters. The number of rotatable bonds is 3. The molecule has 0 spiro atoms. The van der Waals surface area contributed by atoms with E-state index in [0.29, 0.717) is 0 Å². The van der Waals surface area contributed by atoms with Crippen molar-refractivity contribution >= 4 is 22.0 Å². The van der Waals surface area contributed by atoms with Crippen LogP contribution >= 0.6 is 0 Å². The standard InChI is InChI=1S/C8H9N3O4S/c1-9-8(13)7-3-6(4-11(7)2)16(14,15)10-5-12/h3-4H,1-2H3,(H,9,13). The highest BCUT2D eigenvalue weighted by atomic mass is 32.2. The quantitative estimate of drug-likeness (QED) is 0.566. The molecule has 1 N–H and O–H groups in total. The maximum atomic E-state index is 11.3. The number of hydrogen-bond donors (Lipinski definition) is 1. The molecule has 0 aromatic carbocycles. The number of isocyanates is 1. The van der Waals surface area contributed by atoms with E-state index in [9.17, 15) is 18.0 Å². The molecular formula is C8H9N3O4S. The fourth-order valence-corrected chi connectivity index (χ4v) is 1.89. The van der Waals surface area contributed by atoms with Crippen LogP contribution in [0.4, 0.5) is 0 Å². The number of carbonyl (C=O) groups excluding carboxylic acids is 2. The van der Waals surface area contributed by atoms with E-state index in [1.807, 2.05) is 0 Å². The molecule has 0 unspecified atom stereocenters. The highest BCUT2D eigenvalue weighted by molar-refractivity contribution is 7.90. The average Bonchev–Trinajstić information content (AvgIpc) is 2.60. The van der Waals surface area contributed by atoms with Crippen molar-refractivity contribution in [3.63, 3.8) is 0 Å². The lowest BCUT2D eigenvalue weighted by atomic mass is 10.4. The summed E-state index contributed by atoms with van der Waals surface area (Å²) in [4.78, 5) is 21.0. The number of carbonyl (C=O) groups is 1. The van der Waals surface area contributed by atoms with Crippen LogP contribution in [0.3, 0.4) is 0 Å². The molecule has 8 heteroatoms. The van der Waals surface area contributed by atoms with Crippen LogP contribution < -0.4 is 5.32 Å². The van der Waals surface area contributed by atoms with Crippen LogP contribution in [-0.2, 0) is 21.9 Å². The first kappa shape index (κ1) is 12.2. The smallest absolute Gasteiger partial charge is 0.294 e. The fourth-order valence-electron chi connectivity index (χ4n) is 1.13. The summed E-state index contributed by atoms with van der Waals surface area (Å²) < 4.78 is 26.7. The van der Waals surface area contributed by atoms with Crippen LogP contribution in [0.5, 0.6) is 0 Å². The summed E-state index contributed by atoms with van der Waals surface area (Å²) in [5.41, 5.74) is 0.155. The predicted octanol–water partition coefficient (Wildman–Crippen LogP) is -0.591. The van der Waals surface area contributed by atoms with Crippen molar-refractivity contribution in [2.24, 2.45) is 11.4 Å². The Morgan fingerprint density at radius 1 is 1.56 bits per heavy atom. The van der Waals surface area contributed by atoms with Gasteiger partial charge >= 0.3 is 0 Å². The zero-order valence-corrected chi connectivity index (χ0v) is 9.41. The molecule has 0 aliphatic heterocycles. The van der Waals surface area contributed by atoms with E-state index < -0.39 is 15.9 Å². The van der Waals surface area contributed by atoms with Crippen LogP contribution in [0.15, 0.2) is 21.6 Å². The first-order valence-electron chi connectivity index (χ1n) is 4.15. The molecule has 0 saturated carbocycles. The Hall–Kier alpha value is -1.92. The van der Waals surface area contributed by atoms with E-state index in [2.05, 4.69) is 9.71 Å². The maximum absolute atomic E-state index is 11.3. The molecule has 0 radical (unpaired) electrons. The van der Waals surface area contributed by atoms with E-state index in [1.165, 1.54) is 24.9 Å². The van der Waals surface area contributed by atoms with Gasteiger partial charge in [0.1, 0.15) is 10.6 Å². The number of aryl methyl sites for hydroxylation is 1. The second kappa shape index (κ2) is 4.30. The van der Waals surface area contributed by atoms with Crippen molar-refractivity contribution in [1.29, 1.82) is 0 Å². The summed E-state index contributed by atoms with van der Waals surface area (Å²) >= 11 is 0. The molecule has 1 aromatic rings. The average molecular weight is 243 g/mol. The van der Waals surface area contributed by atoms with Crippen molar-refractivity contribution in [3.05, 3.63) is 18.0 Å². The molecule has 7 nitrogen and oxygen atoms in total. The zero-order valence-electron chi connectivity index (χ0n) is 8.59. The van der Waals surface area contributed by atoms with Gasteiger partial charge in [-0.25, -0.2) is 4.79 Å². The van der Waals surface area contributed by atoms with Gasteiger partial charge < -0.3 is 9.88 Å². The van der Waals surface area contributed by atoms with Gasteiger partial charge in [0.05, 0.1) is 0 Å². The van der Waals surface area contributed by atoms with Crippen LogP contribution in [0.25, 0.3) is 0 Å². The van der Waals surface area contributed by atoms with Crippen molar-refractivity contribution in [1.82, 2.24) is 9.88 Å². The lowest BCUT2D eigenvalue weighted by Gasteiger charge is -1.98. The first-order chi connectivity index (χ1) is 7.42. The Morgan fingerprint density at radius 2 is 2.19 bits per heavy atom. The van der Waals surface area contributed by atoms with E-state index in [0.717, 1.165) is 12.1 Å². The fraction of sp³-hybridized carbons (Fsp3) is 0.250. The highest BCUT2D eigenvalue weighted by Crippen LogP contribution is 2.15. The second-order valence-electron chi connectivity index (χ2n) is 2.91. The predicted molar refractivity (Wildman–Crippen MR) is 54.1 cm³/mol. The number of sulfonamides is 1. The molecule has 1 amide bonds. The molecule has 0 saturated heterocycles. The molecule has 0 aliphatic carbocycles. The van der Waals surface area contributed by atoms with Gasteiger partial charge in [-0.15, -0.1) is 0 Å². The van der Waals surface area contributed by atoms with Gasteiger partial charge in [0.25, 0.3) is 22.0 Å². The topological polar surface area (TPSA) is 97.6 Å². The Bertz CT molecular complexity index is 566. The third-order valence-corrected chi connectivity index (χ3v) is 3.03. The van der Waals surface area contributed by atoms with E-state index in [-0.39, 0.29) is 10.6 Å². The van der Waals surface area contributed by atoms with Crippen molar-refractivity contribution < 1.29 is 18.0 Å². The van der Waals surface area contributed by atoms with Crippen LogP contribution in [0, 0.1) is 0 Å². The highest BCUT2D eigenvalue weighted by Gasteiger charge is 2.19. The lowest BCUT2D eigenvalue weighted by Crippen LogP contribution is -2.20. The SMILES string of the molecule is CNC(=O)c1cc(S(=O)(=O)N=C=O)cn1C. The van der Waals surface area contributed by atoms with Crippen molar-refractivity contribution in [2.75, 3.05) is 7.05 Å². The van der Waals surface area contributed by atoms with Gasteiger partial charge in [-0.05, 0) is 6.07 Å². The lowest BCUT2D eigenvalue weighted by molar-refractivity contribution is 0.0955. The minimum atomic E-state index is -4.05. The summed E-state index contributed by atoms with van der Waals surface area (Å²) in [5.74, 6) is -0.431. The molecular weight excluding hydrogens is 234 g/mol. The Balaban J connectivity index is 3.31. The summed E-state index contributed by atoms with van der Waals surface area (Å²) in [6.45, 7) is 0. The maximum Gasteiger partial charge on any atom is 0.294 e. The summed E-state index contributed by atoms with van der Waals surface area (Å²) in [6.07, 6.45) is 2.15. The molecule has 1 rings (SSSR count). The number of aromatic nitrogens is 1. The molecule has 0 aliphatic rings. The third kappa shape index (κ3) is 2.18. The Labute approximate surface area is 91.8 Å². The number of nitrogens with zero attached hydrogens (tertiary/aromatic N) is 2. The molecule has 1 heterocycles. The molecule has 16 heavy (non-hydrogen) atoms. The Kier molecular flexibility index (Phi) is 3.26. The van der Waals surface area contributed by atoms with Crippen LogP contribution in [0.2, 0.25) is 0 Å². The summed E-state index contributed by atoms with van der Waals surface area (Å²) in [7, 11) is -1.12. The zero-order chi connectivity index (χ0) is 12.3. The molecule has 0 bridgehead atoms. The second-order valence-corrected chi connectivity index (χ2v) is 4.51. The number of hydrogen-bond acceptors (Lipinski definition) is 4. The monoisotopic (exact) mass is 243 g/mol. The Morgan fingerprint density at radius 3 is 2.69 bits per heavy atom. The van der Waals surface area contributed by atoms with Gasteiger partial charge in [-0.3, -0.25) is 4.79 Å². The normalized spacial score (nSPS) is 10.6. The summed E-state index contributed by atoms with van der Waals surface area (Å²) in [6, 6.07) is 1.13. The third-order valence-electron chi connectivity index (χ3n) is 1.89. The summed E-state index contributed by atoms with van der Waals surface area (Å²) in [5, 5.41) is 2.36. The van der Waals surface area contributed by atoms with Gasteiger partial charge in [0, 0.05) is 20.3 Å². The molecule has 0 fully saturated rings. The van der Waals surface area contributed by atoms with Gasteiger partial charge in [-0.1, -0.05) is 4.40 Å². The minimum Gasteiger partial charge on any atom is -0.354 e. The van der Waals surface area contributed by atoms with E-state index >= 15 is 0 Å². The van der Waals surface area contributed by atoms with Gasteiger partial charge in [-0.2, -0.15) is 8.42 Å². The van der Waals surface area contributed by atoms with Crippen LogP contribution in [-0.4, -0.2) is 32.0 Å². The van der Waals surface area contributed by atoms with Crippen molar-refractivity contribution in [3.8, 4) is 0 Å². The van der Waals surface area contributed by atoms with E-state index in [4.69, 9.17) is 0 Å². The number of nitrogens with one attached hydrogen (secondary N) is 1. The van der Waals surface area contributed by atoms with E-state index in [1.54, 1.807) is 0 Å². The molecule has 86 valence electrons.